The van der Waals surface area contributed by atoms with E-state index in [-0.39, 0.29) is 16.5 Å². The molecule has 1 aromatic heterocycles. The predicted octanol–water partition coefficient (Wildman–Crippen LogP) is 6.65. The van der Waals surface area contributed by atoms with Gasteiger partial charge in [-0.3, -0.25) is 9.59 Å². The van der Waals surface area contributed by atoms with Gasteiger partial charge >= 0.3 is 0 Å². The van der Waals surface area contributed by atoms with Crippen molar-refractivity contribution >= 4 is 16.7 Å². The van der Waals surface area contributed by atoms with Crippen molar-refractivity contribution in [3.8, 4) is 5.69 Å². The summed E-state index contributed by atoms with van der Waals surface area (Å²) in [6, 6.07) is 29.0. The van der Waals surface area contributed by atoms with E-state index >= 15 is 0 Å². The number of hydrogen-bond acceptors (Lipinski definition) is 2. The number of fused-ring (bicyclic) bond motifs is 1. The zero-order valence-corrected chi connectivity index (χ0v) is 18.9. The normalized spacial score (nSPS) is 12.0. The Morgan fingerprint density at radius 2 is 1.31 bits per heavy atom. The van der Waals surface area contributed by atoms with E-state index in [1.807, 2.05) is 67.6 Å². The van der Waals surface area contributed by atoms with Gasteiger partial charge in [-0.05, 0) is 23.8 Å². The van der Waals surface area contributed by atoms with E-state index < -0.39 is 28.8 Å². The molecule has 4 aromatic carbocycles. The average Bonchev–Trinajstić information content (AvgIpc) is 2.90. The van der Waals surface area contributed by atoms with Gasteiger partial charge in [-0.1, -0.05) is 85.8 Å². The molecule has 0 N–H and O–H groups in total. The molecule has 5 rings (SSSR count). The fourth-order valence-electron chi connectivity index (χ4n) is 4.51. The Bertz CT molecular complexity index is 1590. The van der Waals surface area contributed by atoms with Gasteiger partial charge in [-0.2, -0.15) is 0 Å². The summed E-state index contributed by atoms with van der Waals surface area (Å²) in [7, 11) is 0. The number of para-hydroxylation sites is 1. The molecule has 0 saturated heterocycles. The van der Waals surface area contributed by atoms with Crippen molar-refractivity contribution in [3.63, 3.8) is 0 Å². The van der Waals surface area contributed by atoms with Gasteiger partial charge in [0.25, 0.3) is 0 Å². The van der Waals surface area contributed by atoms with Crippen LogP contribution in [0.15, 0.2) is 108 Å². The Balaban J connectivity index is 1.98. The first kappa shape index (κ1) is 22.4. The van der Waals surface area contributed by atoms with Crippen LogP contribution >= 0.6 is 0 Å². The Hall–Kier alpha value is -4.38. The summed E-state index contributed by atoms with van der Waals surface area (Å²) in [5.41, 5.74) is 1.77. The molecule has 1 atom stereocenters. The van der Waals surface area contributed by atoms with Gasteiger partial charge in [0.2, 0.25) is 5.43 Å². The second kappa shape index (κ2) is 9.11. The van der Waals surface area contributed by atoms with Gasteiger partial charge < -0.3 is 4.57 Å². The average molecular weight is 465 g/mol. The van der Waals surface area contributed by atoms with Crippen LogP contribution in [0.4, 0.5) is 8.78 Å². The Morgan fingerprint density at radius 1 is 0.771 bits per heavy atom. The van der Waals surface area contributed by atoms with Crippen LogP contribution in [0.25, 0.3) is 16.6 Å². The Morgan fingerprint density at radius 3 is 1.94 bits per heavy atom. The van der Waals surface area contributed by atoms with Crippen LogP contribution in [0.1, 0.15) is 40.0 Å². The standard InChI is InChI=1S/C30H21F2NO2/c1-19(20-11-5-2-6-12-20)28-27(29(34)21-13-7-3-8-14-21)30(35)23-17-24(31)25(32)18-26(23)33(28)22-15-9-4-10-16-22/h2-19H,1H3. The summed E-state index contributed by atoms with van der Waals surface area (Å²) in [4.78, 5) is 27.6. The van der Waals surface area contributed by atoms with Crippen molar-refractivity contribution in [2.45, 2.75) is 12.8 Å². The summed E-state index contributed by atoms with van der Waals surface area (Å²) in [5.74, 6) is -3.09. The minimum Gasteiger partial charge on any atom is -0.312 e. The second-order valence-electron chi connectivity index (χ2n) is 8.37. The quantitative estimate of drug-likeness (QED) is 0.273. The van der Waals surface area contributed by atoms with E-state index in [2.05, 4.69) is 0 Å². The van der Waals surface area contributed by atoms with E-state index in [4.69, 9.17) is 0 Å². The van der Waals surface area contributed by atoms with Crippen molar-refractivity contribution in [2.24, 2.45) is 0 Å². The van der Waals surface area contributed by atoms with Gasteiger partial charge in [0, 0.05) is 34.3 Å². The molecule has 0 aliphatic carbocycles. The number of benzene rings is 4. The molecule has 3 nitrogen and oxygen atoms in total. The number of halogens is 2. The lowest BCUT2D eigenvalue weighted by atomic mass is 9.88. The minimum absolute atomic E-state index is 0.0592. The highest BCUT2D eigenvalue weighted by Crippen LogP contribution is 2.33. The van der Waals surface area contributed by atoms with E-state index in [1.165, 1.54) is 0 Å². The lowest BCUT2D eigenvalue weighted by Crippen LogP contribution is -2.26. The van der Waals surface area contributed by atoms with Crippen molar-refractivity contribution in [2.75, 3.05) is 0 Å². The van der Waals surface area contributed by atoms with Crippen molar-refractivity contribution in [1.29, 1.82) is 0 Å². The molecule has 5 heteroatoms. The molecule has 0 bridgehead atoms. The summed E-state index contributed by atoms with van der Waals surface area (Å²) in [6.07, 6.45) is 0. The van der Waals surface area contributed by atoms with Crippen LogP contribution < -0.4 is 5.43 Å². The minimum atomic E-state index is -1.14. The topological polar surface area (TPSA) is 39.1 Å². The molecule has 1 heterocycles. The molecule has 0 radical (unpaired) electrons. The second-order valence-corrected chi connectivity index (χ2v) is 8.37. The number of hydrogen-bond donors (Lipinski definition) is 0. The smallest absolute Gasteiger partial charge is 0.201 e. The zero-order chi connectivity index (χ0) is 24.5. The number of nitrogens with zero attached hydrogens (tertiary/aromatic N) is 1. The molecule has 0 saturated carbocycles. The molecule has 0 aliphatic rings. The van der Waals surface area contributed by atoms with Gasteiger partial charge in [0.05, 0.1) is 11.1 Å². The van der Waals surface area contributed by atoms with Crippen LogP contribution in [-0.2, 0) is 0 Å². The first-order valence-electron chi connectivity index (χ1n) is 11.2. The molecule has 172 valence electrons. The molecular weight excluding hydrogens is 444 g/mol. The molecule has 0 amide bonds. The van der Waals surface area contributed by atoms with Gasteiger partial charge in [-0.25, -0.2) is 8.78 Å². The lowest BCUT2D eigenvalue weighted by molar-refractivity contribution is 0.103. The third kappa shape index (κ3) is 3.95. The van der Waals surface area contributed by atoms with Crippen LogP contribution in [0, 0.1) is 11.6 Å². The number of carbonyl (C=O) groups is 1. The molecule has 5 aromatic rings. The highest BCUT2D eigenvalue weighted by Gasteiger charge is 2.28. The number of carbonyl (C=O) groups excluding carboxylic acids is 1. The summed E-state index contributed by atoms with van der Waals surface area (Å²) in [6.45, 7) is 1.90. The van der Waals surface area contributed by atoms with E-state index in [0.717, 1.165) is 17.7 Å². The monoisotopic (exact) mass is 465 g/mol. The summed E-state index contributed by atoms with van der Waals surface area (Å²) >= 11 is 0. The summed E-state index contributed by atoms with van der Waals surface area (Å²) in [5, 5.41) is -0.0592. The van der Waals surface area contributed by atoms with Crippen molar-refractivity contribution in [1.82, 2.24) is 4.57 Å². The van der Waals surface area contributed by atoms with Gasteiger partial charge in [0.1, 0.15) is 0 Å². The highest BCUT2D eigenvalue weighted by atomic mass is 19.2. The highest BCUT2D eigenvalue weighted by molar-refractivity contribution is 6.11. The number of aromatic nitrogens is 1. The molecule has 35 heavy (non-hydrogen) atoms. The van der Waals surface area contributed by atoms with E-state index in [1.54, 1.807) is 34.9 Å². The number of ketones is 1. The Kier molecular flexibility index (Phi) is 5.83. The maximum absolute atomic E-state index is 14.5. The molecule has 0 fully saturated rings. The van der Waals surface area contributed by atoms with Gasteiger partial charge in [-0.15, -0.1) is 0 Å². The largest absolute Gasteiger partial charge is 0.312 e. The fourth-order valence-corrected chi connectivity index (χ4v) is 4.51. The number of rotatable bonds is 5. The number of pyridine rings is 1. The maximum Gasteiger partial charge on any atom is 0.201 e. The Labute approximate surface area is 200 Å². The first-order chi connectivity index (χ1) is 17.0. The van der Waals surface area contributed by atoms with Crippen molar-refractivity contribution in [3.05, 3.63) is 147 Å². The van der Waals surface area contributed by atoms with Crippen LogP contribution in [0.3, 0.4) is 0 Å². The van der Waals surface area contributed by atoms with Crippen molar-refractivity contribution < 1.29 is 13.6 Å². The first-order valence-corrected chi connectivity index (χ1v) is 11.2. The van der Waals surface area contributed by atoms with E-state index in [9.17, 15) is 18.4 Å². The molecular formula is C30H21F2NO2. The predicted molar refractivity (Wildman–Crippen MR) is 133 cm³/mol. The molecule has 0 spiro atoms. The molecule has 0 aliphatic heterocycles. The SMILES string of the molecule is CC(c1ccccc1)c1c(C(=O)c2ccccc2)c(=O)c2cc(F)c(F)cc2n1-c1ccccc1. The maximum atomic E-state index is 14.5. The molecule has 1 unspecified atom stereocenters. The van der Waals surface area contributed by atoms with Crippen LogP contribution in [0.5, 0.6) is 0 Å². The summed E-state index contributed by atoms with van der Waals surface area (Å²) < 4.78 is 30.5. The fraction of sp³-hybridized carbons (Fsp3) is 0.0667. The van der Waals surface area contributed by atoms with E-state index in [0.29, 0.717) is 16.9 Å². The van der Waals surface area contributed by atoms with Crippen LogP contribution in [0.2, 0.25) is 0 Å². The van der Waals surface area contributed by atoms with Gasteiger partial charge in [0.15, 0.2) is 17.4 Å². The van der Waals surface area contributed by atoms with Crippen LogP contribution in [-0.4, -0.2) is 10.4 Å². The lowest BCUT2D eigenvalue weighted by Gasteiger charge is -2.25. The third-order valence-electron chi connectivity index (χ3n) is 6.24. The zero-order valence-electron chi connectivity index (χ0n) is 18.9. The third-order valence-corrected chi connectivity index (χ3v) is 6.24.